The number of thiophene rings is 1. The standard InChI is InChI=1S/C10H13ClN4OS2/c1-10(2)5-13-15(6-10)9(16-12)14-18-8-4-3-7(11)17-8/h3-5H,6,12H2,1-2H3/b14-9-. The van der Waals surface area contributed by atoms with Crippen LogP contribution in [0.25, 0.3) is 0 Å². The zero-order valence-electron chi connectivity index (χ0n) is 9.96. The third-order valence-electron chi connectivity index (χ3n) is 2.19. The van der Waals surface area contributed by atoms with Crippen LogP contribution in [0.4, 0.5) is 0 Å². The first-order chi connectivity index (χ1) is 8.50. The predicted octanol–water partition coefficient (Wildman–Crippen LogP) is 2.98. The van der Waals surface area contributed by atoms with E-state index in [0.717, 1.165) is 8.55 Å². The smallest absolute Gasteiger partial charge is 0.339 e. The van der Waals surface area contributed by atoms with Crippen molar-refractivity contribution >= 4 is 47.1 Å². The van der Waals surface area contributed by atoms with Crippen molar-refractivity contribution < 1.29 is 4.84 Å². The number of halogens is 1. The molecule has 8 heteroatoms. The van der Waals surface area contributed by atoms with Gasteiger partial charge in [-0.2, -0.15) is 15.4 Å². The number of nitrogens with two attached hydrogens (primary N) is 1. The van der Waals surface area contributed by atoms with E-state index in [-0.39, 0.29) is 11.4 Å². The summed E-state index contributed by atoms with van der Waals surface area (Å²) in [5.74, 6) is 5.23. The molecule has 0 bridgehead atoms. The highest BCUT2D eigenvalue weighted by Crippen LogP contribution is 2.31. The molecule has 0 atom stereocenters. The van der Waals surface area contributed by atoms with Crippen molar-refractivity contribution in [1.29, 1.82) is 0 Å². The number of nitrogens with zero attached hydrogens (tertiary/aromatic N) is 3. The molecular weight excluding hydrogens is 292 g/mol. The number of amidine groups is 1. The second-order valence-electron chi connectivity index (χ2n) is 4.43. The molecule has 0 unspecified atom stereocenters. The van der Waals surface area contributed by atoms with Crippen LogP contribution >= 0.6 is 34.9 Å². The fourth-order valence-corrected chi connectivity index (χ4v) is 3.25. The molecule has 1 aromatic heterocycles. The number of hydrogen-bond donors (Lipinski definition) is 1. The fourth-order valence-electron chi connectivity index (χ4n) is 1.37. The minimum Gasteiger partial charge on any atom is -0.371 e. The van der Waals surface area contributed by atoms with E-state index in [9.17, 15) is 0 Å². The van der Waals surface area contributed by atoms with Gasteiger partial charge in [0, 0.05) is 23.6 Å². The summed E-state index contributed by atoms with van der Waals surface area (Å²) < 4.78 is 5.92. The molecule has 0 spiro atoms. The number of rotatable bonds is 2. The first-order valence-corrected chi connectivity index (χ1v) is 7.17. The monoisotopic (exact) mass is 304 g/mol. The van der Waals surface area contributed by atoms with E-state index in [2.05, 4.69) is 23.3 Å². The first kappa shape index (κ1) is 13.7. The van der Waals surface area contributed by atoms with Crippen LogP contribution in [-0.2, 0) is 4.84 Å². The van der Waals surface area contributed by atoms with Gasteiger partial charge in [-0.15, -0.1) is 11.3 Å². The molecule has 1 aliphatic heterocycles. The SMILES string of the molecule is CC1(C)C=NN(/C(=N/Sc2ccc(Cl)s2)ON)C1. The van der Waals surface area contributed by atoms with Crippen molar-refractivity contribution in [2.24, 2.45) is 20.8 Å². The van der Waals surface area contributed by atoms with Gasteiger partial charge in [0.1, 0.15) is 0 Å². The van der Waals surface area contributed by atoms with E-state index >= 15 is 0 Å². The van der Waals surface area contributed by atoms with Gasteiger partial charge >= 0.3 is 6.02 Å². The van der Waals surface area contributed by atoms with Crippen molar-refractivity contribution in [3.8, 4) is 0 Å². The Morgan fingerprint density at radius 3 is 2.94 bits per heavy atom. The van der Waals surface area contributed by atoms with Crippen LogP contribution in [0.15, 0.2) is 25.8 Å². The summed E-state index contributed by atoms with van der Waals surface area (Å²) in [5, 5.41) is 5.85. The molecule has 18 heavy (non-hydrogen) atoms. The van der Waals surface area contributed by atoms with Crippen molar-refractivity contribution in [1.82, 2.24) is 5.01 Å². The maximum atomic E-state index is 5.84. The van der Waals surface area contributed by atoms with Gasteiger partial charge in [0.25, 0.3) is 0 Å². The summed E-state index contributed by atoms with van der Waals surface area (Å²) in [4.78, 5) is 4.77. The topological polar surface area (TPSA) is 63.2 Å². The van der Waals surface area contributed by atoms with Crippen LogP contribution < -0.4 is 5.90 Å². The lowest BCUT2D eigenvalue weighted by Gasteiger charge is -2.18. The second-order valence-corrected chi connectivity index (χ2v) is 7.21. The second kappa shape index (κ2) is 5.48. The Hall–Kier alpha value is -0.760. The van der Waals surface area contributed by atoms with Crippen molar-refractivity contribution in [3.05, 3.63) is 16.5 Å². The minimum atomic E-state index is -0.00376. The molecule has 2 N–H and O–H groups in total. The summed E-state index contributed by atoms with van der Waals surface area (Å²) in [6.07, 6.45) is 1.86. The van der Waals surface area contributed by atoms with E-state index in [1.165, 1.54) is 23.3 Å². The molecule has 5 nitrogen and oxygen atoms in total. The molecule has 1 aromatic rings. The average molecular weight is 305 g/mol. The van der Waals surface area contributed by atoms with Crippen LogP contribution in [0.1, 0.15) is 13.8 Å². The van der Waals surface area contributed by atoms with E-state index in [1.54, 1.807) is 5.01 Å². The van der Waals surface area contributed by atoms with Crippen molar-refractivity contribution in [2.45, 2.75) is 18.1 Å². The van der Waals surface area contributed by atoms with Gasteiger partial charge in [0.05, 0.1) is 15.1 Å². The molecule has 2 heterocycles. The number of hydrazone groups is 1. The zero-order valence-corrected chi connectivity index (χ0v) is 12.3. The van der Waals surface area contributed by atoms with Crippen LogP contribution in [0.3, 0.4) is 0 Å². The maximum absolute atomic E-state index is 5.84. The summed E-state index contributed by atoms with van der Waals surface area (Å²) in [6.45, 7) is 4.85. The van der Waals surface area contributed by atoms with Gasteiger partial charge in [0.2, 0.25) is 0 Å². The highest BCUT2D eigenvalue weighted by molar-refractivity contribution is 8.00. The van der Waals surface area contributed by atoms with E-state index in [4.69, 9.17) is 22.3 Å². The normalized spacial score (nSPS) is 18.4. The summed E-state index contributed by atoms with van der Waals surface area (Å²) in [7, 11) is 0. The van der Waals surface area contributed by atoms with Gasteiger partial charge < -0.3 is 4.84 Å². The Labute approximate surface area is 119 Å². The molecule has 0 fully saturated rings. The average Bonchev–Trinajstić information content (AvgIpc) is 2.86. The first-order valence-electron chi connectivity index (χ1n) is 5.20. The van der Waals surface area contributed by atoms with Crippen LogP contribution in [0.2, 0.25) is 4.34 Å². The Kier molecular flexibility index (Phi) is 4.16. The van der Waals surface area contributed by atoms with Crippen molar-refractivity contribution in [2.75, 3.05) is 6.54 Å². The molecule has 98 valence electrons. The van der Waals surface area contributed by atoms with Gasteiger partial charge in [-0.3, -0.25) is 0 Å². The van der Waals surface area contributed by atoms with Crippen LogP contribution in [-0.4, -0.2) is 23.8 Å². The lowest BCUT2D eigenvalue weighted by atomic mass is 9.97. The lowest BCUT2D eigenvalue weighted by Crippen LogP contribution is -2.32. The molecule has 2 rings (SSSR count). The summed E-state index contributed by atoms with van der Waals surface area (Å²) in [5.41, 5.74) is -0.00376. The lowest BCUT2D eigenvalue weighted by molar-refractivity contribution is 0.235. The highest BCUT2D eigenvalue weighted by Gasteiger charge is 2.28. The molecule has 0 aliphatic carbocycles. The zero-order chi connectivity index (χ0) is 13.2. The maximum Gasteiger partial charge on any atom is 0.339 e. The van der Waals surface area contributed by atoms with Gasteiger partial charge in [-0.25, -0.2) is 5.01 Å². The molecular formula is C10H13ClN4OS2. The van der Waals surface area contributed by atoms with E-state index in [1.807, 2.05) is 18.3 Å². The molecule has 0 saturated heterocycles. The molecule has 1 aliphatic rings. The van der Waals surface area contributed by atoms with E-state index < -0.39 is 0 Å². The van der Waals surface area contributed by atoms with E-state index in [0.29, 0.717) is 6.54 Å². The summed E-state index contributed by atoms with van der Waals surface area (Å²) in [6, 6.07) is 4.00. The Bertz CT molecular complexity index is 486. The largest absolute Gasteiger partial charge is 0.371 e. The fraction of sp³-hybridized carbons (Fsp3) is 0.400. The van der Waals surface area contributed by atoms with Crippen LogP contribution in [0.5, 0.6) is 0 Å². The Morgan fingerprint density at radius 2 is 2.44 bits per heavy atom. The minimum absolute atomic E-state index is 0.00376. The van der Waals surface area contributed by atoms with Gasteiger partial charge in [-0.05, 0) is 12.1 Å². The Morgan fingerprint density at radius 1 is 1.67 bits per heavy atom. The third kappa shape index (κ3) is 3.38. The number of hydrogen-bond acceptors (Lipinski definition) is 6. The van der Waals surface area contributed by atoms with Crippen molar-refractivity contribution in [3.63, 3.8) is 0 Å². The third-order valence-corrected chi connectivity index (χ3v) is 4.26. The summed E-state index contributed by atoms with van der Waals surface area (Å²) >= 11 is 8.55. The van der Waals surface area contributed by atoms with Gasteiger partial charge in [-0.1, -0.05) is 25.4 Å². The van der Waals surface area contributed by atoms with Gasteiger partial charge in [0.15, 0.2) is 0 Å². The highest BCUT2D eigenvalue weighted by atomic mass is 35.5. The predicted molar refractivity (Wildman–Crippen MR) is 76.9 cm³/mol. The molecule has 0 radical (unpaired) electrons. The molecule has 0 amide bonds. The quantitative estimate of drug-likeness (QED) is 0.395. The Balaban J connectivity index is 2.03. The molecule has 0 saturated carbocycles. The van der Waals surface area contributed by atoms with Crippen LogP contribution in [0, 0.1) is 5.41 Å². The molecule has 0 aromatic carbocycles.